The van der Waals surface area contributed by atoms with E-state index in [1.165, 1.54) is 0 Å². The fraction of sp³-hybridized carbons (Fsp3) is 0.250. The van der Waals surface area contributed by atoms with Crippen molar-refractivity contribution in [2.75, 3.05) is 39.4 Å². The van der Waals surface area contributed by atoms with Crippen molar-refractivity contribution in [2.45, 2.75) is 0 Å². The van der Waals surface area contributed by atoms with Crippen LogP contribution in [0, 0.1) is 0 Å². The van der Waals surface area contributed by atoms with Crippen molar-refractivity contribution in [1.82, 2.24) is 9.80 Å². The van der Waals surface area contributed by atoms with E-state index < -0.39 is 0 Å². The Morgan fingerprint density at radius 3 is 1.50 bits per heavy atom. The van der Waals surface area contributed by atoms with E-state index in [4.69, 9.17) is 32.7 Å². The van der Waals surface area contributed by atoms with Gasteiger partial charge in [0.05, 0.1) is 11.1 Å². The Balaban J connectivity index is 1.71. The standard InChI is InChI=1S/C24H24Cl2N2O4/c1-3-13-31-21-7-5-17(25)15-19(21)23(29)27-9-11-28(12-10-27)24(30)20-16-18(26)6-8-22(20)32-14-4-2/h3-8,15-16H,1-2,9-14H2. The van der Waals surface area contributed by atoms with E-state index in [0.29, 0.717) is 58.9 Å². The van der Waals surface area contributed by atoms with Crippen molar-refractivity contribution in [3.63, 3.8) is 0 Å². The number of hydrogen-bond acceptors (Lipinski definition) is 4. The Morgan fingerprint density at radius 1 is 0.781 bits per heavy atom. The lowest BCUT2D eigenvalue weighted by Crippen LogP contribution is -2.50. The molecule has 3 rings (SSSR count). The van der Waals surface area contributed by atoms with E-state index in [9.17, 15) is 9.59 Å². The second-order valence-electron chi connectivity index (χ2n) is 7.06. The second kappa shape index (κ2) is 11.1. The van der Waals surface area contributed by atoms with Gasteiger partial charge in [0.15, 0.2) is 0 Å². The second-order valence-corrected chi connectivity index (χ2v) is 7.94. The zero-order valence-electron chi connectivity index (χ0n) is 17.6. The number of ether oxygens (including phenoxy) is 2. The SMILES string of the molecule is C=CCOc1ccc(Cl)cc1C(=O)N1CCN(C(=O)c2cc(Cl)ccc2OCC=C)CC1. The quantitative estimate of drug-likeness (QED) is 0.519. The first-order valence-electron chi connectivity index (χ1n) is 10.1. The summed E-state index contributed by atoms with van der Waals surface area (Å²) in [5.74, 6) is 0.495. The van der Waals surface area contributed by atoms with Gasteiger partial charge in [-0.2, -0.15) is 0 Å². The first kappa shape index (κ1) is 23.7. The summed E-state index contributed by atoms with van der Waals surface area (Å²) >= 11 is 12.2. The molecule has 32 heavy (non-hydrogen) atoms. The van der Waals surface area contributed by atoms with Gasteiger partial charge < -0.3 is 19.3 Å². The van der Waals surface area contributed by atoms with Gasteiger partial charge in [-0.3, -0.25) is 9.59 Å². The molecule has 0 unspecified atom stereocenters. The Morgan fingerprint density at radius 2 is 1.16 bits per heavy atom. The molecule has 0 radical (unpaired) electrons. The van der Waals surface area contributed by atoms with Crippen LogP contribution in [0.5, 0.6) is 11.5 Å². The minimum atomic E-state index is -0.198. The highest BCUT2D eigenvalue weighted by molar-refractivity contribution is 6.31. The van der Waals surface area contributed by atoms with Gasteiger partial charge in [0.2, 0.25) is 0 Å². The van der Waals surface area contributed by atoms with Crippen LogP contribution in [0.15, 0.2) is 61.7 Å². The average Bonchev–Trinajstić information content (AvgIpc) is 2.81. The minimum absolute atomic E-state index is 0.198. The van der Waals surface area contributed by atoms with E-state index in [1.54, 1.807) is 58.4 Å². The first-order chi connectivity index (χ1) is 15.4. The third kappa shape index (κ3) is 5.64. The summed E-state index contributed by atoms with van der Waals surface area (Å²) in [5, 5.41) is 0.891. The number of piperazine rings is 1. The summed E-state index contributed by atoms with van der Waals surface area (Å²) in [6, 6.07) is 9.87. The highest BCUT2D eigenvalue weighted by Crippen LogP contribution is 2.27. The van der Waals surface area contributed by atoms with Gasteiger partial charge in [0, 0.05) is 36.2 Å². The number of rotatable bonds is 8. The molecule has 0 N–H and O–H groups in total. The van der Waals surface area contributed by atoms with Crippen LogP contribution in [0.3, 0.4) is 0 Å². The van der Waals surface area contributed by atoms with Crippen LogP contribution in [0.25, 0.3) is 0 Å². The summed E-state index contributed by atoms with van der Waals surface area (Å²) in [7, 11) is 0. The molecule has 1 saturated heterocycles. The highest BCUT2D eigenvalue weighted by atomic mass is 35.5. The molecule has 1 heterocycles. The van der Waals surface area contributed by atoms with Gasteiger partial charge in [-0.1, -0.05) is 48.5 Å². The number of halogens is 2. The summed E-state index contributed by atoms with van der Waals surface area (Å²) < 4.78 is 11.2. The van der Waals surface area contributed by atoms with E-state index in [-0.39, 0.29) is 25.0 Å². The maximum Gasteiger partial charge on any atom is 0.257 e. The minimum Gasteiger partial charge on any atom is -0.489 e. The molecule has 2 amide bonds. The zero-order chi connectivity index (χ0) is 23.1. The molecule has 1 aliphatic heterocycles. The molecule has 2 aromatic rings. The molecule has 0 spiro atoms. The van der Waals surface area contributed by atoms with Gasteiger partial charge in [0.25, 0.3) is 11.8 Å². The van der Waals surface area contributed by atoms with Gasteiger partial charge in [0.1, 0.15) is 24.7 Å². The molecule has 168 valence electrons. The van der Waals surface area contributed by atoms with E-state index in [1.807, 2.05) is 0 Å². The highest BCUT2D eigenvalue weighted by Gasteiger charge is 2.28. The lowest BCUT2D eigenvalue weighted by Gasteiger charge is -2.35. The number of carbonyl (C=O) groups is 2. The van der Waals surface area contributed by atoms with Crippen molar-refractivity contribution >= 4 is 35.0 Å². The molecule has 0 saturated carbocycles. The van der Waals surface area contributed by atoms with Gasteiger partial charge in [-0.05, 0) is 36.4 Å². The Hall–Kier alpha value is -2.96. The molecule has 8 heteroatoms. The van der Waals surface area contributed by atoms with Crippen LogP contribution >= 0.6 is 23.2 Å². The average molecular weight is 475 g/mol. The normalized spacial score (nSPS) is 13.4. The van der Waals surface area contributed by atoms with Crippen molar-refractivity contribution < 1.29 is 19.1 Å². The van der Waals surface area contributed by atoms with Crippen molar-refractivity contribution in [3.05, 3.63) is 82.9 Å². The number of carbonyl (C=O) groups excluding carboxylic acids is 2. The summed E-state index contributed by atoms with van der Waals surface area (Å²) in [5.41, 5.74) is 0.767. The predicted octanol–water partition coefficient (Wildman–Crippen LogP) is 4.72. The van der Waals surface area contributed by atoms with Gasteiger partial charge >= 0.3 is 0 Å². The van der Waals surface area contributed by atoms with E-state index in [0.717, 1.165) is 0 Å². The van der Waals surface area contributed by atoms with Crippen LogP contribution in [-0.4, -0.2) is 61.0 Å². The largest absolute Gasteiger partial charge is 0.489 e. The Labute approximate surface area is 197 Å². The number of amides is 2. The van der Waals surface area contributed by atoms with Crippen LogP contribution in [0.1, 0.15) is 20.7 Å². The Bertz CT molecular complexity index is 936. The number of hydrogen-bond donors (Lipinski definition) is 0. The zero-order valence-corrected chi connectivity index (χ0v) is 19.1. The van der Waals surface area contributed by atoms with Crippen LogP contribution < -0.4 is 9.47 Å². The molecule has 1 aliphatic rings. The topological polar surface area (TPSA) is 59.1 Å². The lowest BCUT2D eigenvalue weighted by atomic mass is 10.1. The van der Waals surface area contributed by atoms with Gasteiger partial charge in [-0.25, -0.2) is 0 Å². The molecule has 0 atom stereocenters. The molecule has 0 aromatic heterocycles. The summed E-state index contributed by atoms with van der Waals surface area (Å²) in [6.07, 6.45) is 3.21. The molecule has 1 fully saturated rings. The summed E-state index contributed by atoms with van der Waals surface area (Å²) in [4.78, 5) is 29.6. The smallest absolute Gasteiger partial charge is 0.257 e. The first-order valence-corrected chi connectivity index (χ1v) is 10.8. The predicted molar refractivity (Wildman–Crippen MR) is 126 cm³/mol. The molecule has 2 aromatic carbocycles. The van der Waals surface area contributed by atoms with Crippen LogP contribution in [0.2, 0.25) is 10.0 Å². The maximum atomic E-state index is 13.1. The van der Waals surface area contributed by atoms with Crippen molar-refractivity contribution in [1.29, 1.82) is 0 Å². The third-order valence-corrected chi connectivity index (χ3v) is 5.38. The van der Waals surface area contributed by atoms with Gasteiger partial charge in [-0.15, -0.1) is 0 Å². The fourth-order valence-corrected chi connectivity index (χ4v) is 3.69. The molecule has 0 aliphatic carbocycles. The van der Waals surface area contributed by atoms with Crippen LogP contribution in [0.4, 0.5) is 0 Å². The monoisotopic (exact) mass is 474 g/mol. The third-order valence-electron chi connectivity index (χ3n) is 4.91. The maximum absolute atomic E-state index is 13.1. The van der Waals surface area contributed by atoms with E-state index >= 15 is 0 Å². The molecule has 6 nitrogen and oxygen atoms in total. The molecular formula is C24H24Cl2N2O4. The van der Waals surface area contributed by atoms with E-state index in [2.05, 4.69) is 13.2 Å². The lowest BCUT2D eigenvalue weighted by molar-refractivity contribution is 0.0531. The fourth-order valence-electron chi connectivity index (χ4n) is 3.34. The number of benzene rings is 2. The molecular weight excluding hydrogens is 451 g/mol. The van der Waals surface area contributed by atoms with Crippen molar-refractivity contribution in [2.24, 2.45) is 0 Å². The Kier molecular flexibility index (Phi) is 8.20. The van der Waals surface area contributed by atoms with Crippen LogP contribution in [-0.2, 0) is 0 Å². The summed E-state index contributed by atoms with van der Waals surface area (Å²) in [6.45, 7) is 9.32. The van der Waals surface area contributed by atoms with Crippen molar-refractivity contribution in [3.8, 4) is 11.5 Å². The number of nitrogens with zero attached hydrogens (tertiary/aromatic N) is 2. The molecule has 0 bridgehead atoms.